The molecule has 0 bridgehead atoms. The lowest BCUT2D eigenvalue weighted by Gasteiger charge is -2.11. The monoisotopic (exact) mass is 187 g/mol. The summed E-state index contributed by atoms with van der Waals surface area (Å²) in [5.41, 5.74) is 0.602. The minimum Gasteiger partial charge on any atom is -0.313 e. The molecule has 0 radical (unpaired) electrons. The molecule has 66 valence electrons. The van der Waals surface area contributed by atoms with Crippen molar-refractivity contribution in [3.05, 3.63) is 34.6 Å². The first kappa shape index (κ1) is 9.49. The molecule has 12 heavy (non-hydrogen) atoms. The highest BCUT2D eigenvalue weighted by atomic mass is 35.5. The van der Waals surface area contributed by atoms with Gasteiger partial charge in [-0.2, -0.15) is 0 Å². The van der Waals surface area contributed by atoms with Gasteiger partial charge in [-0.25, -0.2) is 4.39 Å². The van der Waals surface area contributed by atoms with E-state index in [2.05, 4.69) is 5.32 Å². The second-order valence-electron chi connectivity index (χ2n) is 2.65. The van der Waals surface area contributed by atoms with E-state index in [-0.39, 0.29) is 16.9 Å². The molecule has 0 aliphatic heterocycles. The summed E-state index contributed by atoms with van der Waals surface area (Å²) in [6.07, 6.45) is 0. The molecule has 0 saturated heterocycles. The van der Waals surface area contributed by atoms with E-state index < -0.39 is 0 Å². The fraction of sp³-hybridized carbons (Fsp3) is 0.333. The highest BCUT2D eigenvalue weighted by Gasteiger charge is 2.10. The summed E-state index contributed by atoms with van der Waals surface area (Å²) in [6, 6.07) is 5.00. The topological polar surface area (TPSA) is 12.0 Å². The van der Waals surface area contributed by atoms with Crippen molar-refractivity contribution in [3.63, 3.8) is 0 Å². The smallest absolute Gasteiger partial charge is 0.146 e. The molecule has 0 spiro atoms. The Kier molecular flexibility index (Phi) is 3.06. The standard InChI is InChI=1S/C9H11ClFN/c1-6(12-2)7-4-3-5-8(10)9(7)11/h3-6,12H,1-2H3/t6-/m0/s1. The van der Waals surface area contributed by atoms with Crippen LogP contribution in [0.15, 0.2) is 18.2 Å². The SMILES string of the molecule is CN[C@@H](C)c1cccc(Cl)c1F. The van der Waals surface area contributed by atoms with Crippen LogP contribution in [0.1, 0.15) is 18.5 Å². The zero-order valence-electron chi connectivity index (χ0n) is 7.07. The van der Waals surface area contributed by atoms with E-state index in [0.29, 0.717) is 5.56 Å². The van der Waals surface area contributed by atoms with E-state index in [1.54, 1.807) is 25.2 Å². The van der Waals surface area contributed by atoms with Gasteiger partial charge in [0, 0.05) is 11.6 Å². The summed E-state index contributed by atoms with van der Waals surface area (Å²) < 4.78 is 13.3. The van der Waals surface area contributed by atoms with E-state index in [1.807, 2.05) is 6.92 Å². The van der Waals surface area contributed by atoms with Crippen molar-refractivity contribution in [2.24, 2.45) is 0 Å². The van der Waals surface area contributed by atoms with Gasteiger partial charge in [-0.15, -0.1) is 0 Å². The molecule has 0 saturated carbocycles. The minimum atomic E-state index is -0.332. The van der Waals surface area contributed by atoms with Crippen molar-refractivity contribution in [2.45, 2.75) is 13.0 Å². The first-order valence-electron chi connectivity index (χ1n) is 3.78. The van der Waals surface area contributed by atoms with Gasteiger partial charge in [0.1, 0.15) is 5.82 Å². The Hall–Kier alpha value is -0.600. The molecular formula is C9H11ClFN. The number of hydrogen-bond donors (Lipinski definition) is 1. The summed E-state index contributed by atoms with van der Waals surface area (Å²) in [7, 11) is 1.78. The van der Waals surface area contributed by atoms with Crippen LogP contribution in [-0.4, -0.2) is 7.05 Å². The van der Waals surface area contributed by atoms with Crippen LogP contribution in [0, 0.1) is 5.82 Å². The van der Waals surface area contributed by atoms with Gasteiger partial charge in [-0.05, 0) is 20.0 Å². The predicted octanol–water partition coefficient (Wildman–Crippen LogP) is 2.76. The highest BCUT2D eigenvalue weighted by Crippen LogP contribution is 2.22. The first-order chi connectivity index (χ1) is 5.66. The third kappa shape index (κ3) is 1.76. The van der Waals surface area contributed by atoms with Crippen LogP contribution in [0.3, 0.4) is 0 Å². The predicted molar refractivity (Wildman–Crippen MR) is 48.9 cm³/mol. The summed E-state index contributed by atoms with van der Waals surface area (Å²) in [5.74, 6) is -0.332. The average molecular weight is 188 g/mol. The van der Waals surface area contributed by atoms with E-state index >= 15 is 0 Å². The fourth-order valence-corrected chi connectivity index (χ4v) is 1.19. The van der Waals surface area contributed by atoms with Crippen LogP contribution in [0.4, 0.5) is 4.39 Å². The van der Waals surface area contributed by atoms with Crippen LogP contribution in [-0.2, 0) is 0 Å². The van der Waals surface area contributed by atoms with Crippen LogP contribution in [0.25, 0.3) is 0 Å². The molecule has 0 heterocycles. The van der Waals surface area contributed by atoms with E-state index in [1.165, 1.54) is 0 Å². The van der Waals surface area contributed by atoms with Crippen molar-refractivity contribution in [2.75, 3.05) is 7.05 Å². The van der Waals surface area contributed by atoms with E-state index in [9.17, 15) is 4.39 Å². The third-order valence-corrected chi connectivity index (χ3v) is 2.17. The van der Waals surface area contributed by atoms with Gasteiger partial charge in [0.2, 0.25) is 0 Å². The molecule has 3 heteroatoms. The number of nitrogens with one attached hydrogen (secondary N) is 1. The molecule has 0 fully saturated rings. The zero-order chi connectivity index (χ0) is 9.14. The van der Waals surface area contributed by atoms with Crippen LogP contribution in [0.5, 0.6) is 0 Å². The average Bonchev–Trinajstić information content (AvgIpc) is 2.08. The lowest BCUT2D eigenvalue weighted by Crippen LogP contribution is -2.13. The van der Waals surface area contributed by atoms with Crippen molar-refractivity contribution < 1.29 is 4.39 Å². The van der Waals surface area contributed by atoms with Crippen molar-refractivity contribution in [1.29, 1.82) is 0 Å². The Bertz CT molecular complexity index is 275. The van der Waals surface area contributed by atoms with Crippen molar-refractivity contribution >= 4 is 11.6 Å². The molecule has 1 rings (SSSR count). The van der Waals surface area contributed by atoms with Crippen molar-refractivity contribution in [3.8, 4) is 0 Å². The van der Waals surface area contributed by atoms with Gasteiger partial charge in [0.25, 0.3) is 0 Å². The van der Waals surface area contributed by atoms with Gasteiger partial charge < -0.3 is 5.32 Å². The largest absolute Gasteiger partial charge is 0.313 e. The maximum atomic E-state index is 13.3. The Morgan fingerprint density at radius 2 is 2.17 bits per heavy atom. The molecule has 0 unspecified atom stereocenters. The molecule has 0 amide bonds. The third-order valence-electron chi connectivity index (χ3n) is 1.88. The summed E-state index contributed by atoms with van der Waals surface area (Å²) in [4.78, 5) is 0. The van der Waals surface area contributed by atoms with Gasteiger partial charge in [0.15, 0.2) is 0 Å². The summed E-state index contributed by atoms with van der Waals surface area (Å²) in [6.45, 7) is 1.88. The lowest BCUT2D eigenvalue weighted by atomic mass is 10.1. The molecule has 0 aliphatic carbocycles. The number of rotatable bonds is 2. The van der Waals surface area contributed by atoms with Crippen LogP contribution < -0.4 is 5.32 Å². The maximum absolute atomic E-state index is 13.3. The second-order valence-corrected chi connectivity index (χ2v) is 3.06. The summed E-state index contributed by atoms with van der Waals surface area (Å²) in [5, 5.41) is 3.13. The summed E-state index contributed by atoms with van der Waals surface area (Å²) >= 11 is 5.61. The number of benzene rings is 1. The molecular weight excluding hydrogens is 177 g/mol. The van der Waals surface area contributed by atoms with Crippen LogP contribution in [0.2, 0.25) is 5.02 Å². The van der Waals surface area contributed by atoms with Gasteiger partial charge in [-0.1, -0.05) is 23.7 Å². The zero-order valence-corrected chi connectivity index (χ0v) is 7.82. The fourth-order valence-electron chi connectivity index (χ4n) is 1.01. The quantitative estimate of drug-likeness (QED) is 0.751. The number of hydrogen-bond acceptors (Lipinski definition) is 1. The number of halogens is 2. The van der Waals surface area contributed by atoms with Crippen molar-refractivity contribution in [1.82, 2.24) is 5.32 Å². The molecule has 0 aromatic heterocycles. The molecule has 1 aromatic rings. The van der Waals surface area contributed by atoms with E-state index in [0.717, 1.165) is 0 Å². The van der Waals surface area contributed by atoms with Gasteiger partial charge >= 0.3 is 0 Å². The first-order valence-corrected chi connectivity index (χ1v) is 4.15. The maximum Gasteiger partial charge on any atom is 0.146 e. The Morgan fingerprint density at radius 1 is 1.50 bits per heavy atom. The molecule has 1 aromatic carbocycles. The van der Waals surface area contributed by atoms with Gasteiger partial charge in [-0.3, -0.25) is 0 Å². The van der Waals surface area contributed by atoms with Gasteiger partial charge in [0.05, 0.1) is 5.02 Å². The highest BCUT2D eigenvalue weighted by molar-refractivity contribution is 6.30. The normalized spacial score (nSPS) is 13.0. The molecule has 1 atom stereocenters. The van der Waals surface area contributed by atoms with Crippen LogP contribution >= 0.6 is 11.6 Å². The molecule has 0 aliphatic rings. The Labute approximate surface area is 76.5 Å². The Balaban J connectivity index is 3.07. The van der Waals surface area contributed by atoms with E-state index in [4.69, 9.17) is 11.6 Å². The lowest BCUT2D eigenvalue weighted by molar-refractivity contribution is 0.562. The molecule has 1 nitrogen and oxygen atoms in total. The second kappa shape index (κ2) is 3.87. The minimum absolute atomic E-state index is 0.0105. The molecule has 1 N–H and O–H groups in total. The Morgan fingerprint density at radius 3 is 2.75 bits per heavy atom.